The van der Waals surface area contributed by atoms with Crippen LogP contribution in [0, 0.1) is 11.6 Å². The lowest BCUT2D eigenvalue weighted by Crippen LogP contribution is -2.23. The molecule has 0 aliphatic heterocycles. The number of rotatable bonds is 5. The van der Waals surface area contributed by atoms with Crippen LogP contribution < -0.4 is 10.1 Å². The van der Waals surface area contributed by atoms with Crippen LogP contribution >= 0.6 is 11.3 Å². The molecule has 0 radical (unpaired) electrons. The average Bonchev–Trinajstić information content (AvgIpc) is 2.86. The van der Waals surface area contributed by atoms with E-state index in [9.17, 15) is 8.78 Å². The minimum Gasteiger partial charge on any atom is -0.496 e. The zero-order valence-electron chi connectivity index (χ0n) is 10.7. The summed E-state index contributed by atoms with van der Waals surface area (Å²) in [5, 5.41) is 4.93. The lowest BCUT2D eigenvalue weighted by atomic mass is 10.0. The molecule has 0 fully saturated rings. The van der Waals surface area contributed by atoms with Crippen molar-refractivity contribution in [3.05, 3.63) is 51.7 Å². The van der Waals surface area contributed by atoms with Crippen molar-refractivity contribution < 1.29 is 13.5 Å². The Labute approximate surface area is 115 Å². The van der Waals surface area contributed by atoms with Gasteiger partial charge in [0.15, 0.2) is 0 Å². The molecular weight excluding hydrogens is 268 g/mol. The van der Waals surface area contributed by atoms with Gasteiger partial charge in [0, 0.05) is 15.8 Å². The summed E-state index contributed by atoms with van der Waals surface area (Å²) < 4.78 is 32.9. The molecule has 1 heterocycles. The van der Waals surface area contributed by atoms with E-state index in [2.05, 4.69) is 5.32 Å². The van der Waals surface area contributed by atoms with Gasteiger partial charge in [0.05, 0.1) is 13.2 Å². The summed E-state index contributed by atoms with van der Waals surface area (Å²) in [4.78, 5) is 0.822. The van der Waals surface area contributed by atoms with Crippen molar-refractivity contribution in [1.29, 1.82) is 0 Å². The van der Waals surface area contributed by atoms with Crippen LogP contribution in [0.15, 0.2) is 29.6 Å². The van der Waals surface area contributed by atoms with Crippen LogP contribution in [-0.4, -0.2) is 13.7 Å². The van der Waals surface area contributed by atoms with E-state index >= 15 is 0 Å². The van der Waals surface area contributed by atoms with Gasteiger partial charge < -0.3 is 10.1 Å². The summed E-state index contributed by atoms with van der Waals surface area (Å²) in [6.45, 7) is 2.51. The van der Waals surface area contributed by atoms with Gasteiger partial charge in [-0.2, -0.15) is 0 Å². The van der Waals surface area contributed by atoms with Crippen molar-refractivity contribution in [3.63, 3.8) is 0 Å². The van der Waals surface area contributed by atoms with Crippen molar-refractivity contribution >= 4 is 11.3 Å². The third-order valence-electron chi connectivity index (χ3n) is 2.81. The zero-order chi connectivity index (χ0) is 13.8. The van der Waals surface area contributed by atoms with E-state index < -0.39 is 17.7 Å². The number of hydrogen-bond donors (Lipinski definition) is 1. The number of hydrogen-bond acceptors (Lipinski definition) is 3. The van der Waals surface area contributed by atoms with Crippen molar-refractivity contribution in [2.24, 2.45) is 0 Å². The lowest BCUT2D eigenvalue weighted by Gasteiger charge is -2.18. The molecule has 102 valence electrons. The zero-order valence-corrected chi connectivity index (χ0v) is 11.6. The van der Waals surface area contributed by atoms with Crippen LogP contribution in [-0.2, 0) is 0 Å². The molecule has 1 aromatic carbocycles. The summed E-state index contributed by atoms with van der Waals surface area (Å²) in [5.41, 5.74) is 0.0499. The minimum atomic E-state index is -0.543. The summed E-state index contributed by atoms with van der Waals surface area (Å²) in [5.74, 6) is -0.392. The van der Waals surface area contributed by atoms with Gasteiger partial charge in [-0.05, 0) is 24.7 Å². The van der Waals surface area contributed by atoms with Crippen LogP contribution in [0.2, 0.25) is 0 Å². The van der Waals surface area contributed by atoms with E-state index in [1.807, 2.05) is 12.3 Å². The van der Waals surface area contributed by atoms with E-state index in [0.29, 0.717) is 12.3 Å². The Balaban J connectivity index is 2.45. The highest BCUT2D eigenvalue weighted by molar-refractivity contribution is 7.10. The average molecular weight is 283 g/mol. The summed E-state index contributed by atoms with van der Waals surface area (Å²) in [6.07, 6.45) is 0. The lowest BCUT2D eigenvalue weighted by molar-refractivity contribution is 0.416. The molecule has 19 heavy (non-hydrogen) atoms. The second kappa shape index (κ2) is 6.12. The first kappa shape index (κ1) is 14.0. The van der Waals surface area contributed by atoms with Gasteiger partial charge in [0.1, 0.15) is 17.4 Å². The van der Waals surface area contributed by atoms with Crippen molar-refractivity contribution in [1.82, 2.24) is 5.32 Å². The maximum absolute atomic E-state index is 13.9. The second-order valence-electron chi connectivity index (χ2n) is 4.01. The Morgan fingerprint density at radius 2 is 2.00 bits per heavy atom. The maximum atomic E-state index is 13.9. The van der Waals surface area contributed by atoms with Gasteiger partial charge in [-0.1, -0.05) is 13.0 Å². The number of ether oxygens (including phenoxy) is 1. The van der Waals surface area contributed by atoms with Crippen LogP contribution in [0.25, 0.3) is 0 Å². The molecule has 1 aromatic heterocycles. The summed E-state index contributed by atoms with van der Waals surface area (Å²) in [7, 11) is 1.57. The van der Waals surface area contributed by atoms with Gasteiger partial charge in [0.2, 0.25) is 0 Å². The molecular formula is C14H15F2NOS. The fourth-order valence-corrected chi connectivity index (χ4v) is 2.87. The molecule has 0 aliphatic carbocycles. The summed E-state index contributed by atoms with van der Waals surface area (Å²) >= 11 is 1.41. The predicted octanol–water partition coefficient (Wildman–Crippen LogP) is 3.73. The Hall–Kier alpha value is -1.46. The van der Waals surface area contributed by atoms with Gasteiger partial charge in [0.25, 0.3) is 0 Å². The highest BCUT2D eigenvalue weighted by Gasteiger charge is 2.22. The quantitative estimate of drug-likeness (QED) is 0.902. The molecule has 1 N–H and O–H groups in total. The molecule has 0 spiro atoms. The van der Waals surface area contributed by atoms with Crippen molar-refractivity contribution in [2.45, 2.75) is 13.0 Å². The number of benzene rings is 1. The molecule has 2 rings (SSSR count). The smallest absolute Gasteiger partial charge is 0.131 e. The van der Waals surface area contributed by atoms with E-state index in [4.69, 9.17) is 4.74 Å². The molecule has 0 bridgehead atoms. The maximum Gasteiger partial charge on any atom is 0.131 e. The Morgan fingerprint density at radius 1 is 1.32 bits per heavy atom. The molecule has 1 unspecified atom stereocenters. The molecule has 1 atom stereocenters. The molecule has 2 nitrogen and oxygen atoms in total. The van der Waals surface area contributed by atoms with Gasteiger partial charge in [-0.15, -0.1) is 11.3 Å². The van der Waals surface area contributed by atoms with Crippen molar-refractivity contribution in [2.75, 3.05) is 13.7 Å². The van der Waals surface area contributed by atoms with E-state index in [-0.39, 0.29) is 5.56 Å². The van der Waals surface area contributed by atoms with Crippen LogP contribution in [0.1, 0.15) is 23.4 Å². The number of halogens is 2. The molecule has 0 amide bonds. The van der Waals surface area contributed by atoms with E-state index in [1.165, 1.54) is 29.5 Å². The van der Waals surface area contributed by atoms with Gasteiger partial charge in [-0.3, -0.25) is 0 Å². The Morgan fingerprint density at radius 3 is 2.53 bits per heavy atom. The number of methoxy groups -OCH3 is 1. The van der Waals surface area contributed by atoms with Crippen LogP contribution in [0.5, 0.6) is 5.75 Å². The predicted molar refractivity (Wildman–Crippen MR) is 72.7 cm³/mol. The third-order valence-corrected chi connectivity index (χ3v) is 3.79. The molecule has 5 heteroatoms. The normalized spacial score (nSPS) is 12.4. The fourth-order valence-electron chi connectivity index (χ4n) is 1.93. The molecule has 2 aromatic rings. The fraction of sp³-hybridized carbons (Fsp3) is 0.286. The Bertz CT molecular complexity index is 536. The highest BCUT2D eigenvalue weighted by Crippen LogP contribution is 2.33. The number of nitrogens with one attached hydrogen (secondary N) is 1. The SMILES string of the molecule is CCNC(c1cc(OC)cs1)c1c(F)cccc1F. The first-order valence-corrected chi connectivity index (χ1v) is 6.85. The van der Waals surface area contributed by atoms with E-state index in [1.54, 1.807) is 13.2 Å². The van der Waals surface area contributed by atoms with Crippen molar-refractivity contribution in [3.8, 4) is 5.75 Å². The molecule has 0 saturated carbocycles. The number of thiophene rings is 1. The minimum absolute atomic E-state index is 0.0499. The Kier molecular flexibility index (Phi) is 4.50. The topological polar surface area (TPSA) is 21.3 Å². The van der Waals surface area contributed by atoms with Crippen LogP contribution in [0.4, 0.5) is 8.78 Å². The van der Waals surface area contributed by atoms with E-state index in [0.717, 1.165) is 4.88 Å². The standard InChI is InChI=1S/C14H15F2NOS/c1-3-17-14(12-7-9(18-2)8-19-12)13-10(15)5-4-6-11(13)16/h4-8,14,17H,3H2,1-2H3. The summed E-state index contributed by atoms with van der Waals surface area (Å²) in [6, 6.07) is 5.21. The third kappa shape index (κ3) is 2.93. The second-order valence-corrected chi connectivity index (χ2v) is 4.96. The highest BCUT2D eigenvalue weighted by atomic mass is 32.1. The molecule has 0 aliphatic rings. The first-order valence-electron chi connectivity index (χ1n) is 5.97. The van der Waals surface area contributed by atoms with Gasteiger partial charge >= 0.3 is 0 Å². The largest absolute Gasteiger partial charge is 0.496 e. The van der Waals surface area contributed by atoms with Crippen LogP contribution in [0.3, 0.4) is 0 Å². The first-order chi connectivity index (χ1) is 9.17. The van der Waals surface area contributed by atoms with Gasteiger partial charge in [-0.25, -0.2) is 8.78 Å². The monoisotopic (exact) mass is 283 g/mol. The molecule has 0 saturated heterocycles.